The first kappa shape index (κ1) is 14.0. The summed E-state index contributed by atoms with van der Waals surface area (Å²) in [5, 5.41) is 1.13. The molecule has 0 aliphatic rings. The molecule has 0 aliphatic heterocycles. The molecule has 3 aromatic rings. The van der Waals surface area contributed by atoms with Gasteiger partial charge in [-0.05, 0) is 36.8 Å². The highest BCUT2D eigenvalue weighted by Crippen LogP contribution is 2.37. The van der Waals surface area contributed by atoms with E-state index in [1.165, 1.54) is 0 Å². The lowest BCUT2D eigenvalue weighted by Crippen LogP contribution is -1.83. The molecule has 0 spiro atoms. The molecule has 0 unspecified atom stereocenters. The summed E-state index contributed by atoms with van der Waals surface area (Å²) in [6, 6.07) is 10.4. The van der Waals surface area contributed by atoms with Crippen LogP contribution in [0.4, 0.5) is 5.69 Å². The molecule has 0 saturated carbocycles. The Kier molecular flexibility index (Phi) is 3.88. The fraction of sp³-hybridized carbons (Fsp3) is 0.0588. The summed E-state index contributed by atoms with van der Waals surface area (Å²) < 4.78 is 2.10. The van der Waals surface area contributed by atoms with E-state index in [4.69, 9.17) is 0 Å². The van der Waals surface area contributed by atoms with E-state index in [9.17, 15) is 0 Å². The fourth-order valence-electron chi connectivity index (χ4n) is 2.41. The van der Waals surface area contributed by atoms with Crippen molar-refractivity contribution in [2.24, 2.45) is 4.99 Å². The van der Waals surface area contributed by atoms with Crippen molar-refractivity contribution in [1.82, 2.24) is 7.76 Å². The molecule has 0 radical (unpaired) electrons. The molecule has 2 aromatic heterocycles. The van der Waals surface area contributed by atoms with Crippen LogP contribution in [-0.2, 0) is 0 Å². The molecular formula is C17H14IN3. The van der Waals surface area contributed by atoms with Gasteiger partial charge in [-0.2, -0.15) is 0 Å². The number of hydrogen-bond donors (Lipinski definition) is 0. The third-order valence-corrected chi connectivity index (χ3v) is 4.40. The molecule has 1 aromatic carbocycles. The van der Waals surface area contributed by atoms with E-state index < -0.39 is 0 Å². The molecule has 4 heteroatoms. The smallest absolute Gasteiger partial charge is 0.0963 e. The van der Waals surface area contributed by atoms with Gasteiger partial charge < -0.3 is 0 Å². The van der Waals surface area contributed by atoms with Gasteiger partial charge in [0.25, 0.3) is 0 Å². The first-order valence-corrected chi connectivity index (χ1v) is 7.59. The van der Waals surface area contributed by atoms with Crippen LogP contribution in [0, 0.1) is 0 Å². The Bertz CT molecular complexity index is 832. The Morgan fingerprint density at radius 1 is 1.29 bits per heavy atom. The van der Waals surface area contributed by atoms with E-state index in [0.717, 1.165) is 33.4 Å². The Hall–Kier alpha value is -1.95. The van der Waals surface area contributed by atoms with Gasteiger partial charge in [0.1, 0.15) is 0 Å². The van der Waals surface area contributed by atoms with Crippen LogP contribution < -0.4 is 0 Å². The van der Waals surface area contributed by atoms with E-state index in [-0.39, 0.29) is 0 Å². The zero-order valence-electron chi connectivity index (χ0n) is 11.6. The van der Waals surface area contributed by atoms with Crippen LogP contribution in [0.3, 0.4) is 0 Å². The van der Waals surface area contributed by atoms with Gasteiger partial charge in [-0.1, -0.05) is 18.7 Å². The predicted molar refractivity (Wildman–Crippen MR) is 98.5 cm³/mol. The van der Waals surface area contributed by atoms with Gasteiger partial charge in [-0.15, -0.1) is 0 Å². The normalized spacial score (nSPS) is 11.3. The molecule has 3 rings (SSSR count). The number of aliphatic imine (C=N–C) groups is 1. The molecule has 3 nitrogen and oxygen atoms in total. The van der Waals surface area contributed by atoms with E-state index >= 15 is 0 Å². The summed E-state index contributed by atoms with van der Waals surface area (Å²) in [6.07, 6.45) is 7.32. The Morgan fingerprint density at radius 2 is 2.14 bits per heavy atom. The maximum absolute atomic E-state index is 4.49. The van der Waals surface area contributed by atoms with Gasteiger partial charge in [0.2, 0.25) is 0 Å². The highest BCUT2D eigenvalue weighted by Gasteiger charge is 2.13. The van der Waals surface area contributed by atoms with Crippen LogP contribution in [0.1, 0.15) is 12.6 Å². The summed E-state index contributed by atoms with van der Waals surface area (Å²) >= 11 is 2.29. The fourth-order valence-corrected chi connectivity index (χ4v) is 3.23. The summed E-state index contributed by atoms with van der Waals surface area (Å²) in [5.41, 5.74) is 5.38. The van der Waals surface area contributed by atoms with Crippen molar-refractivity contribution in [3.63, 3.8) is 0 Å². The van der Waals surface area contributed by atoms with Crippen molar-refractivity contribution in [3.8, 4) is 11.1 Å². The minimum atomic E-state index is 0.967. The highest BCUT2D eigenvalue weighted by atomic mass is 127. The van der Waals surface area contributed by atoms with E-state index in [1.54, 1.807) is 6.20 Å². The molecule has 104 valence electrons. The van der Waals surface area contributed by atoms with Gasteiger partial charge in [-0.25, -0.2) is 0 Å². The summed E-state index contributed by atoms with van der Waals surface area (Å²) in [7, 11) is 0. The second-order valence-electron chi connectivity index (χ2n) is 4.58. The van der Waals surface area contributed by atoms with Gasteiger partial charge in [0, 0.05) is 29.6 Å². The number of rotatable bonds is 3. The molecular weight excluding hydrogens is 373 g/mol. The number of aromatic nitrogens is 2. The molecule has 0 saturated heterocycles. The number of pyridine rings is 1. The second kappa shape index (κ2) is 5.81. The summed E-state index contributed by atoms with van der Waals surface area (Å²) in [4.78, 5) is 8.68. The molecule has 0 bridgehead atoms. The molecule has 0 amide bonds. The van der Waals surface area contributed by atoms with Gasteiger partial charge in [0.05, 0.1) is 39.8 Å². The second-order valence-corrected chi connectivity index (χ2v) is 5.54. The third-order valence-electron chi connectivity index (χ3n) is 3.36. The number of halogens is 1. The molecule has 0 fully saturated rings. The summed E-state index contributed by atoms with van der Waals surface area (Å²) in [6.45, 7) is 5.82. The predicted octanol–water partition coefficient (Wildman–Crippen LogP) is 5.27. The maximum atomic E-state index is 4.49. The van der Waals surface area contributed by atoms with Crippen molar-refractivity contribution in [2.75, 3.05) is 0 Å². The number of fused-ring (bicyclic) bond motifs is 1. The maximum Gasteiger partial charge on any atom is 0.0963 e. The molecule has 2 heterocycles. The number of nitrogens with zero attached hydrogens (tertiary/aromatic N) is 3. The third kappa shape index (κ3) is 2.40. The zero-order chi connectivity index (χ0) is 14.8. The van der Waals surface area contributed by atoms with E-state index in [0.29, 0.717) is 0 Å². The van der Waals surface area contributed by atoms with Gasteiger partial charge in [-0.3, -0.25) is 12.8 Å². The topological polar surface area (TPSA) is 30.2 Å². The van der Waals surface area contributed by atoms with Gasteiger partial charge in [0.15, 0.2) is 0 Å². The molecule has 0 aliphatic carbocycles. The van der Waals surface area contributed by atoms with Crippen LogP contribution in [0.2, 0.25) is 0 Å². The van der Waals surface area contributed by atoms with E-state index in [1.807, 2.05) is 31.5 Å². The minimum absolute atomic E-state index is 0.967. The van der Waals surface area contributed by atoms with Crippen molar-refractivity contribution >= 4 is 51.7 Å². The van der Waals surface area contributed by atoms with Crippen molar-refractivity contribution in [2.45, 2.75) is 6.92 Å². The highest BCUT2D eigenvalue weighted by molar-refractivity contribution is 14.1. The average Bonchev–Trinajstić information content (AvgIpc) is 2.80. The lowest BCUT2D eigenvalue weighted by molar-refractivity contribution is 1.33. The van der Waals surface area contributed by atoms with Gasteiger partial charge >= 0.3 is 0 Å². The number of hydrogen-bond acceptors (Lipinski definition) is 2. The van der Waals surface area contributed by atoms with Crippen LogP contribution in [0.15, 0.2) is 54.3 Å². The Morgan fingerprint density at radius 3 is 2.81 bits per heavy atom. The first-order valence-electron chi connectivity index (χ1n) is 6.62. The number of benzene rings is 1. The van der Waals surface area contributed by atoms with Crippen molar-refractivity contribution in [1.29, 1.82) is 0 Å². The zero-order valence-corrected chi connectivity index (χ0v) is 13.8. The lowest BCUT2D eigenvalue weighted by Gasteiger charge is -2.02. The van der Waals surface area contributed by atoms with Crippen LogP contribution in [-0.4, -0.2) is 14.0 Å². The SMILES string of the molecule is C=Cc1c(N=CC)c2ccc(-c3cccnc3)cc2n1I. The molecule has 0 N–H and O–H groups in total. The standard InChI is InChI=1S/C17H14IN3/c1-3-15-17(20-4-2)14-8-7-12(10-16(14)21(15)18)13-6-5-9-19-11-13/h3-11H,1H2,2H3. The first-order chi connectivity index (χ1) is 10.3. The van der Waals surface area contributed by atoms with Crippen LogP contribution in [0.5, 0.6) is 0 Å². The monoisotopic (exact) mass is 387 g/mol. The molecule has 21 heavy (non-hydrogen) atoms. The van der Waals surface area contributed by atoms with Crippen molar-refractivity contribution < 1.29 is 0 Å². The summed E-state index contributed by atoms with van der Waals surface area (Å²) in [5.74, 6) is 0. The lowest BCUT2D eigenvalue weighted by atomic mass is 10.1. The van der Waals surface area contributed by atoms with Crippen LogP contribution in [0.25, 0.3) is 28.1 Å². The van der Waals surface area contributed by atoms with E-state index in [2.05, 4.69) is 66.5 Å². The Balaban J connectivity index is 2.28. The molecule has 0 atom stereocenters. The average molecular weight is 387 g/mol. The van der Waals surface area contributed by atoms with Crippen molar-refractivity contribution in [3.05, 3.63) is 55.0 Å². The van der Waals surface area contributed by atoms with Crippen LogP contribution >= 0.6 is 22.9 Å². The minimum Gasteiger partial charge on any atom is -0.280 e. The Labute approximate surface area is 137 Å². The largest absolute Gasteiger partial charge is 0.280 e. The quantitative estimate of drug-likeness (QED) is 0.445.